The van der Waals surface area contributed by atoms with Crippen LogP contribution in [0.2, 0.25) is 0 Å². The molecule has 3 rings (SSSR count). The van der Waals surface area contributed by atoms with Gasteiger partial charge in [-0.25, -0.2) is 0 Å². The Balaban J connectivity index is 1.67. The van der Waals surface area contributed by atoms with Crippen molar-refractivity contribution in [2.75, 3.05) is 12.3 Å². The minimum absolute atomic E-state index is 0.00197. The second-order valence-corrected chi connectivity index (χ2v) is 5.12. The molecule has 0 bridgehead atoms. The van der Waals surface area contributed by atoms with Crippen LogP contribution in [0, 0.1) is 0 Å². The Morgan fingerprint density at radius 3 is 2.80 bits per heavy atom. The van der Waals surface area contributed by atoms with Gasteiger partial charge in [-0.1, -0.05) is 18.2 Å². The number of rotatable bonds is 4. The number of ether oxygens (including phenoxy) is 1. The number of nitrogens with two attached hydrogens (primary N) is 1. The van der Waals surface area contributed by atoms with Gasteiger partial charge in [0.25, 0.3) is 0 Å². The molecule has 3 heteroatoms. The second kappa shape index (κ2) is 5.37. The van der Waals surface area contributed by atoms with E-state index in [-0.39, 0.29) is 12.4 Å². The number of aryl methyl sites for hydroxylation is 2. The van der Waals surface area contributed by atoms with Crippen LogP contribution in [0.5, 0.6) is 5.75 Å². The molecule has 0 atom stereocenters. The molecule has 0 radical (unpaired) electrons. The number of nitrogen functional groups attached to an aromatic ring is 1. The topological polar surface area (TPSA) is 52.3 Å². The first-order chi connectivity index (χ1) is 9.72. The van der Waals surface area contributed by atoms with Crippen LogP contribution < -0.4 is 10.5 Å². The van der Waals surface area contributed by atoms with Crippen molar-refractivity contribution in [3.8, 4) is 5.75 Å². The molecule has 0 heterocycles. The molecule has 2 aromatic carbocycles. The lowest BCUT2D eigenvalue weighted by Crippen LogP contribution is -2.12. The van der Waals surface area contributed by atoms with Gasteiger partial charge in [-0.15, -0.1) is 0 Å². The van der Waals surface area contributed by atoms with Gasteiger partial charge in [0.15, 0.2) is 12.4 Å². The predicted molar refractivity (Wildman–Crippen MR) is 79.1 cm³/mol. The van der Waals surface area contributed by atoms with E-state index in [0.29, 0.717) is 11.4 Å². The van der Waals surface area contributed by atoms with Crippen molar-refractivity contribution in [1.82, 2.24) is 0 Å². The molecule has 3 nitrogen and oxygen atoms in total. The van der Waals surface area contributed by atoms with Crippen LogP contribution in [-0.4, -0.2) is 12.4 Å². The van der Waals surface area contributed by atoms with E-state index in [9.17, 15) is 4.79 Å². The third kappa shape index (κ3) is 2.67. The maximum Gasteiger partial charge on any atom is 0.200 e. The minimum Gasteiger partial charge on any atom is -0.485 e. The smallest absolute Gasteiger partial charge is 0.200 e. The molecule has 20 heavy (non-hydrogen) atoms. The SMILES string of the molecule is Nc1cccc(OCC(=O)c2ccc3c(c2)CCC3)c1. The van der Waals surface area contributed by atoms with Gasteiger partial charge in [0.1, 0.15) is 5.75 Å². The molecule has 0 saturated carbocycles. The van der Waals surface area contributed by atoms with Crippen LogP contribution in [-0.2, 0) is 12.8 Å². The Morgan fingerprint density at radius 1 is 1.10 bits per heavy atom. The van der Waals surface area contributed by atoms with Gasteiger partial charge in [0.05, 0.1) is 0 Å². The third-order valence-corrected chi connectivity index (χ3v) is 3.65. The molecular weight excluding hydrogens is 250 g/mol. The summed E-state index contributed by atoms with van der Waals surface area (Å²) in [6, 6.07) is 13.1. The zero-order chi connectivity index (χ0) is 13.9. The van der Waals surface area contributed by atoms with E-state index in [1.54, 1.807) is 18.2 Å². The molecule has 0 aromatic heterocycles. The summed E-state index contributed by atoms with van der Waals surface area (Å²) in [4.78, 5) is 12.1. The number of hydrogen-bond donors (Lipinski definition) is 1. The summed E-state index contributed by atoms with van der Waals surface area (Å²) >= 11 is 0. The van der Waals surface area contributed by atoms with Gasteiger partial charge in [0.2, 0.25) is 0 Å². The minimum atomic E-state index is 0.00197. The lowest BCUT2D eigenvalue weighted by molar-refractivity contribution is 0.0921. The first-order valence-corrected chi connectivity index (χ1v) is 6.86. The van der Waals surface area contributed by atoms with Crippen LogP contribution >= 0.6 is 0 Å². The summed E-state index contributed by atoms with van der Waals surface area (Å²) in [7, 11) is 0. The van der Waals surface area contributed by atoms with E-state index < -0.39 is 0 Å². The standard InChI is InChI=1S/C17H17NO2/c18-15-5-2-6-16(10-15)20-11-17(19)14-8-7-12-3-1-4-13(12)9-14/h2,5-10H,1,3-4,11,18H2. The van der Waals surface area contributed by atoms with Gasteiger partial charge >= 0.3 is 0 Å². The fourth-order valence-corrected chi connectivity index (χ4v) is 2.58. The zero-order valence-electron chi connectivity index (χ0n) is 11.3. The predicted octanol–water partition coefficient (Wildman–Crippen LogP) is 3.02. The van der Waals surface area contributed by atoms with Crippen LogP contribution in [0.25, 0.3) is 0 Å². The molecule has 2 N–H and O–H groups in total. The first-order valence-electron chi connectivity index (χ1n) is 6.86. The van der Waals surface area contributed by atoms with Crippen molar-refractivity contribution in [2.24, 2.45) is 0 Å². The molecule has 0 unspecified atom stereocenters. The lowest BCUT2D eigenvalue weighted by Gasteiger charge is -2.07. The Morgan fingerprint density at radius 2 is 1.95 bits per heavy atom. The highest BCUT2D eigenvalue weighted by Gasteiger charge is 2.14. The second-order valence-electron chi connectivity index (χ2n) is 5.12. The Hall–Kier alpha value is -2.29. The van der Waals surface area contributed by atoms with Crippen LogP contribution in [0.3, 0.4) is 0 Å². The maximum absolute atomic E-state index is 12.1. The van der Waals surface area contributed by atoms with E-state index in [1.807, 2.05) is 18.2 Å². The van der Waals surface area contributed by atoms with E-state index in [1.165, 1.54) is 17.5 Å². The number of fused-ring (bicyclic) bond motifs is 1. The van der Waals surface area contributed by atoms with Crippen molar-refractivity contribution < 1.29 is 9.53 Å². The van der Waals surface area contributed by atoms with Crippen molar-refractivity contribution in [3.05, 3.63) is 59.2 Å². The Labute approximate surface area is 118 Å². The van der Waals surface area contributed by atoms with Gasteiger partial charge in [-0.3, -0.25) is 4.79 Å². The highest BCUT2D eigenvalue weighted by Crippen LogP contribution is 2.23. The number of carbonyl (C=O) groups excluding carboxylic acids is 1. The average molecular weight is 267 g/mol. The Kier molecular flexibility index (Phi) is 3.42. The monoisotopic (exact) mass is 267 g/mol. The van der Waals surface area contributed by atoms with E-state index in [2.05, 4.69) is 6.07 Å². The summed E-state index contributed by atoms with van der Waals surface area (Å²) in [5, 5.41) is 0. The van der Waals surface area contributed by atoms with Crippen molar-refractivity contribution >= 4 is 11.5 Å². The molecule has 1 aliphatic carbocycles. The van der Waals surface area contributed by atoms with Crippen molar-refractivity contribution in [1.29, 1.82) is 0 Å². The van der Waals surface area contributed by atoms with Gasteiger partial charge in [-0.2, -0.15) is 0 Å². The van der Waals surface area contributed by atoms with Gasteiger partial charge in [-0.05, 0) is 48.6 Å². The molecule has 0 amide bonds. The lowest BCUT2D eigenvalue weighted by atomic mass is 10.0. The summed E-state index contributed by atoms with van der Waals surface area (Å²) in [6.07, 6.45) is 3.39. The summed E-state index contributed by atoms with van der Waals surface area (Å²) in [5.74, 6) is 0.627. The largest absolute Gasteiger partial charge is 0.485 e. The summed E-state index contributed by atoms with van der Waals surface area (Å²) < 4.78 is 5.49. The fourth-order valence-electron chi connectivity index (χ4n) is 2.58. The molecule has 1 aliphatic rings. The van der Waals surface area contributed by atoms with Crippen LogP contribution in [0.4, 0.5) is 5.69 Å². The highest BCUT2D eigenvalue weighted by molar-refractivity contribution is 5.97. The highest BCUT2D eigenvalue weighted by atomic mass is 16.5. The van der Waals surface area contributed by atoms with Crippen LogP contribution in [0.1, 0.15) is 27.9 Å². The van der Waals surface area contributed by atoms with E-state index >= 15 is 0 Å². The Bertz CT molecular complexity index is 649. The van der Waals surface area contributed by atoms with Crippen LogP contribution in [0.15, 0.2) is 42.5 Å². The fraction of sp³-hybridized carbons (Fsp3) is 0.235. The first kappa shape index (κ1) is 12.7. The zero-order valence-corrected chi connectivity index (χ0v) is 11.3. The maximum atomic E-state index is 12.1. The number of carbonyl (C=O) groups is 1. The molecule has 0 saturated heterocycles. The van der Waals surface area contributed by atoms with Gasteiger partial charge in [0, 0.05) is 17.3 Å². The van der Waals surface area contributed by atoms with E-state index in [4.69, 9.17) is 10.5 Å². The molecule has 102 valence electrons. The summed E-state index contributed by atoms with van der Waals surface area (Å²) in [5.41, 5.74) is 9.71. The number of ketones is 1. The molecule has 2 aromatic rings. The normalized spacial score (nSPS) is 13.0. The van der Waals surface area contributed by atoms with Crippen molar-refractivity contribution in [3.63, 3.8) is 0 Å². The average Bonchev–Trinajstić information content (AvgIpc) is 2.92. The molecule has 0 aliphatic heterocycles. The number of hydrogen-bond acceptors (Lipinski definition) is 3. The van der Waals surface area contributed by atoms with Gasteiger partial charge < -0.3 is 10.5 Å². The van der Waals surface area contributed by atoms with E-state index in [0.717, 1.165) is 18.4 Å². The number of anilines is 1. The quantitative estimate of drug-likeness (QED) is 0.684. The third-order valence-electron chi connectivity index (χ3n) is 3.65. The number of benzene rings is 2. The number of Topliss-reactive ketones (excluding diaryl/α,β-unsaturated/α-hetero) is 1. The molecular formula is C17H17NO2. The molecule has 0 fully saturated rings. The molecule has 0 spiro atoms. The van der Waals surface area contributed by atoms with Crippen molar-refractivity contribution in [2.45, 2.75) is 19.3 Å². The summed E-state index contributed by atoms with van der Waals surface area (Å²) in [6.45, 7) is 0.0439.